The SMILES string of the molecule is Cc1cc(Cl)ccc1OCc1nnc(SCC(=O)Nc2ccccc2C(N)=O)n1C. The number of ether oxygens (including phenoxy) is 1. The number of hydrogen-bond acceptors (Lipinski definition) is 6. The molecule has 0 fully saturated rings. The van der Waals surface area contributed by atoms with Gasteiger partial charge in [-0.15, -0.1) is 10.2 Å². The lowest BCUT2D eigenvalue weighted by Crippen LogP contribution is -2.19. The van der Waals surface area contributed by atoms with Gasteiger partial charge in [-0.25, -0.2) is 0 Å². The van der Waals surface area contributed by atoms with Gasteiger partial charge in [-0.05, 0) is 42.8 Å². The van der Waals surface area contributed by atoms with Crippen LogP contribution in [0.25, 0.3) is 0 Å². The molecule has 0 aliphatic heterocycles. The van der Waals surface area contributed by atoms with E-state index in [4.69, 9.17) is 22.1 Å². The highest BCUT2D eigenvalue weighted by Gasteiger charge is 2.14. The van der Waals surface area contributed by atoms with Crippen molar-refractivity contribution in [3.8, 4) is 5.75 Å². The van der Waals surface area contributed by atoms with E-state index < -0.39 is 5.91 Å². The van der Waals surface area contributed by atoms with E-state index in [-0.39, 0.29) is 23.8 Å². The Balaban J connectivity index is 1.57. The largest absolute Gasteiger partial charge is 0.485 e. The minimum Gasteiger partial charge on any atom is -0.485 e. The molecule has 0 aliphatic carbocycles. The molecule has 30 heavy (non-hydrogen) atoms. The number of hydrogen-bond donors (Lipinski definition) is 2. The van der Waals surface area contributed by atoms with Gasteiger partial charge in [0.2, 0.25) is 5.91 Å². The van der Waals surface area contributed by atoms with Crippen molar-refractivity contribution in [1.82, 2.24) is 14.8 Å². The Morgan fingerprint density at radius 2 is 2.00 bits per heavy atom. The quantitative estimate of drug-likeness (QED) is 0.515. The average molecular weight is 446 g/mol. The van der Waals surface area contributed by atoms with Crippen LogP contribution >= 0.6 is 23.4 Å². The van der Waals surface area contributed by atoms with Crippen LogP contribution in [0.4, 0.5) is 5.69 Å². The van der Waals surface area contributed by atoms with Gasteiger partial charge in [0.1, 0.15) is 12.4 Å². The first kappa shape index (κ1) is 21.7. The van der Waals surface area contributed by atoms with Crippen LogP contribution in [0, 0.1) is 6.92 Å². The Morgan fingerprint density at radius 1 is 1.23 bits per heavy atom. The van der Waals surface area contributed by atoms with Crippen LogP contribution in [0.1, 0.15) is 21.7 Å². The summed E-state index contributed by atoms with van der Waals surface area (Å²) >= 11 is 7.18. The molecule has 10 heteroatoms. The number of nitrogens with zero attached hydrogens (tertiary/aromatic N) is 3. The number of amides is 2. The van der Waals surface area contributed by atoms with Crippen molar-refractivity contribution in [2.75, 3.05) is 11.1 Å². The predicted octanol–water partition coefficient (Wildman–Crippen LogP) is 3.19. The van der Waals surface area contributed by atoms with Gasteiger partial charge in [-0.1, -0.05) is 35.5 Å². The molecule has 156 valence electrons. The second kappa shape index (κ2) is 9.64. The number of benzene rings is 2. The number of para-hydroxylation sites is 1. The molecule has 0 saturated heterocycles. The van der Waals surface area contributed by atoms with Crippen LogP contribution in [0.5, 0.6) is 5.75 Å². The Kier molecular flexibility index (Phi) is 6.96. The highest BCUT2D eigenvalue weighted by Crippen LogP contribution is 2.23. The number of aryl methyl sites for hydroxylation is 1. The van der Waals surface area contributed by atoms with E-state index in [1.165, 1.54) is 11.8 Å². The molecule has 0 atom stereocenters. The molecule has 3 rings (SSSR count). The maximum absolute atomic E-state index is 12.3. The summed E-state index contributed by atoms with van der Waals surface area (Å²) in [5.74, 6) is 0.532. The summed E-state index contributed by atoms with van der Waals surface area (Å²) < 4.78 is 7.56. The van der Waals surface area contributed by atoms with Gasteiger partial charge >= 0.3 is 0 Å². The smallest absolute Gasteiger partial charge is 0.250 e. The summed E-state index contributed by atoms with van der Waals surface area (Å²) in [4.78, 5) is 23.7. The molecule has 0 radical (unpaired) electrons. The van der Waals surface area contributed by atoms with Crippen molar-refractivity contribution in [3.05, 3.63) is 64.4 Å². The van der Waals surface area contributed by atoms with Crippen molar-refractivity contribution in [2.24, 2.45) is 12.8 Å². The van der Waals surface area contributed by atoms with E-state index in [2.05, 4.69) is 15.5 Å². The predicted molar refractivity (Wildman–Crippen MR) is 116 cm³/mol. The summed E-state index contributed by atoms with van der Waals surface area (Å²) in [7, 11) is 1.80. The standard InChI is InChI=1S/C20H20ClN5O3S/c1-12-9-13(21)7-8-16(12)29-10-17-24-25-20(26(17)2)30-11-18(27)23-15-6-4-3-5-14(15)19(22)28/h3-9H,10-11H2,1-2H3,(H2,22,28)(H,23,27). The van der Waals surface area contributed by atoms with Crippen LogP contribution in [0.2, 0.25) is 5.02 Å². The third-order valence-corrected chi connectivity index (χ3v) is 5.47. The number of carbonyl (C=O) groups excluding carboxylic acids is 2. The number of aromatic nitrogens is 3. The fraction of sp³-hybridized carbons (Fsp3) is 0.200. The van der Waals surface area contributed by atoms with Gasteiger partial charge in [0.15, 0.2) is 11.0 Å². The second-order valence-corrected chi connectivity index (χ2v) is 7.78. The van der Waals surface area contributed by atoms with Gasteiger partial charge in [-0.2, -0.15) is 0 Å². The Hall–Kier alpha value is -3.04. The molecule has 3 aromatic rings. The number of thioether (sulfide) groups is 1. The molecule has 2 aromatic carbocycles. The zero-order chi connectivity index (χ0) is 21.7. The summed E-state index contributed by atoms with van der Waals surface area (Å²) in [6, 6.07) is 12.0. The second-order valence-electron chi connectivity index (χ2n) is 6.40. The van der Waals surface area contributed by atoms with E-state index >= 15 is 0 Å². The minimum absolute atomic E-state index is 0.0935. The molecule has 0 bridgehead atoms. The normalized spacial score (nSPS) is 10.6. The summed E-state index contributed by atoms with van der Waals surface area (Å²) in [5.41, 5.74) is 6.88. The van der Waals surface area contributed by atoms with Crippen LogP contribution in [-0.4, -0.2) is 32.3 Å². The number of rotatable bonds is 8. The van der Waals surface area contributed by atoms with Crippen molar-refractivity contribution >= 4 is 40.9 Å². The number of nitrogens with one attached hydrogen (secondary N) is 1. The summed E-state index contributed by atoms with van der Waals surface area (Å²) in [6.45, 7) is 2.14. The van der Waals surface area contributed by atoms with Crippen LogP contribution in [0.3, 0.4) is 0 Å². The number of halogens is 1. The van der Waals surface area contributed by atoms with Gasteiger partial charge in [-0.3, -0.25) is 9.59 Å². The van der Waals surface area contributed by atoms with E-state index in [9.17, 15) is 9.59 Å². The van der Waals surface area contributed by atoms with Gasteiger partial charge < -0.3 is 20.4 Å². The lowest BCUT2D eigenvalue weighted by Gasteiger charge is -2.10. The first-order valence-corrected chi connectivity index (χ1v) is 10.3. The number of carbonyl (C=O) groups is 2. The van der Waals surface area contributed by atoms with Crippen LogP contribution in [0.15, 0.2) is 47.6 Å². The number of nitrogens with two attached hydrogens (primary N) is 1. The van der Waals surface area contributed by atoms with Gasteiger partial charge in [0.05, 0.1) is 17.0 Å². The molecule has 1 heterocycles. The van der Waals surface area contributed by atoms with Crippen molar-refractivity contribution in [3.63, 3.8) is 0 Å². The highest BCUT2D eigenvalue weighted by atomic mass is 35.5. The Bertz CT molecular complexity index is 1090. The van der Waals surface area contributed by atoms with E-state index in [0.717, 1.165) is 5.56 Å². The Morgan fingerprint density at radius 3 is 2.73 bits per heavy atom. The minimum atomic E-state index is -0.604. The van der Waals surface area contributed by atoms with Crippen molar-refractivity contribution < 1.29 is 14.3 Å². The van der Waals surface area contributed by atoms with Gasteiger partial charge in [0, 0.05) is 12.1 Å². The van der Waals surface area contributed by atoms with Crippen LogP contribution in [-0.2, 0) is 18.4 Å². The van der Waals surface area contributed by atoms with E-state index in [1.807, 2.05) is 13.0 Å². The molecule has 0 spiro atoms. The zero-order valence-electron chi connectivity index (χ0n) is 16.4. The molecule has 1 aromatic heterocycles. The maximum atomic E-state index is 12.3. The molecule has 8 nitrogen and oxygen atoms in total. The number of anilines is 1. The third-order valence-electron chi connectivity index (χ3n) is 4.22. The lowest BCUT2D eigenvalue weighted by molar-refractivity contribution is -0.113. The van der Waals surface area contributed by atoms with E-state index in [0.29, 0.717) is 27.4 Å². The lowest BCUT2D eigenvalue weighted by atomic mass is 10.1. The zero-order valence-corrected chi connectivity index (χ0v) is 18.0. The van der Waals surface area contributed by atoms with Crippen molar-refractivity contribution in [1.29, 1.82) is 0 Å². The Labute approximate surface area is 182 Å². The molecule has 0 unspecified atom stereocenters. The molecular weight excluding hydrogens is 426 g/mol. The summed E-state index contributed by atoms with van der Waals surface area (Å²) in [5, 5.41) is 12.1. The van der Waals surface area contributed by atoms with E-state index in [1.54, 1.807) is 48.0 Å². The highest BCUT2D eigenvalue weighted by molar-refractivity contribution is 7.99. The maximum Gasteiger partial charge on any atom is 0.250 e. The molecule has 2 amide bonds. The molecular formula is C20H20ClN5O3S. The third kappa shape index (κ3) is 5.31. The monoisotopic (exact) mass is 445 g/mol. The first-order valence-electron chi connectivity index (χ1n) is 8.94. The molecule has 3 N–H and O–H groups in total. The molecule has 0 saturated carbocycles. The summed E-state index contributed by atoms with van der Waals surface area (Å²) in [6.07, 6.45) is 0. The van der Waals surface area contributed by atoms with Crippen LogP contribution < -0.4 is 15.8 Å². The first-order chi connectivity index (χ1) is 14.3. The topological polar surface area (TPSA) is 112 Å². The fourth-order valence-corrected chi connectivity index (χ4v) is 3.59. The molecule has 0 aliphatic rings. The van der Waals surface area contributed by atoms with Gasteiger partial charge in [0.25, 0.3) is 5.91 Å². The van der Waals surface area contributed by atoms with Crippen molar-refractivity contribution in [2.45, 2.75) is 18.7 Å². The number of primary amides is 1. The average Bonchev–Trinajstić information content (AvgIpc) is 3.05. The fourth-order valence-electron chi connectivity index (χ4n) is 2.64.